The molecule has 24 heavy (non-hydrogen) atoms. The summed E-state index contributed by atoms with van der Waals surface area (Å²) in [6.45, 7) is 9.97. The van der Waals surface area contributed by atoms with Crippen LogP contribution in [0.25, 0.3) is 0 Å². The van der Waals surface area contributed by atoms with Crippen LogP contribution in [0.3, 0.4) is 0 Å². The van der Waals surface area contributed by atoms with Gasteiger partial charge in [0.15, 0.2) is 0 Å². The lowest BCUT2D eigenvalue weighted by molar-refractivity contribution is 0.00578. The Bertz CT molecular complexity index is 739. The van der Waals surface area contributed by atoms with Crippen LogP contribution in [0.2, 0.25) is 0 Å². The minimum atomic E-state index is -0.420. The van der Waals surface area contributed by atoms with E-state index in [1.165, 1.54) is 11.5 Å². The normalized spacial score (nSPS) is 18.6. The Morgan fingerprint density at radius 3 is 2.21 bits per heavy atom. The number of rotatable bonds is 3. The first-order chi connectivity index (χ1) is 11.2. The number of hydrogen-bond donors (Lipinski definition) is 1. The van der Waals surface area contributed by atoms with Crippen LogP contribution in [0, 0.1) is 6.92 Å². The zero-order valence-corrected chi connectivity index (χ0v) is 15.4. The van der Waals surface area contributed by atoms with Crippen molar-refractivity contribution in [1.82, 2.24) is 4.37 Å². The van der Waals surface area contributed by atoms with Gasteiger partial charge in [0, 0.05) is 5.56 Å². The Labute approximate surface area is 146 Å². The number of carbonyl (C=O) groups excluding carboxylic acids is 1. The number of nitrogens with zero attached hydrogens (tertiary/aromatic N) is 1. The smallest absolute Gasteiger partial charge is 0.399 e. The summed E-state index contributed by atoms with van der Waals surface area (Å²) in [5, 5.41) is 3.59. The van der Waals surface area contributed by atoms with E-state index in [9.17, 15) is 4.79 Å². The van der Waals surface area contributed by atoms with Crippen molar-refractivity contribution >= 4 is 35.0 Å². The standard InChI is InChI=1S/C17H21BN2O3S/c1-11-10-14(24-20-11)19-15(21)12-6-8-13(9-7-12)18-22-16(2,3)17(4,5)23-18/h6-10H,1-5H3,(H,19,21). The zero-order chi connectivity index (χ0) is 17.5. The molecule has 126 valence electrons. The molecule has 1 aromatic heterocycles. The SMILES string of the molecule is Cc1cc(NC(=O)c2ccc(B3OC(C)(C)C(C)(C)O3)cc2)sn1. The van der Waals surface area contributed by atoms with E-state index < -0.39 is 7.12 Å². The van der Waals surface area contributed by atoms with E-state index in [1.807, 2.05) is 52.8 Å². The molecule has 0 radical (unpaired) electrons. The van der Waals surface area contributed by atoms with Gasteiger partial charge in [0.25, 0.3) is 5.91 Å². The fourth-order valence-electron chi connectivity index (χ4n) is 2.38. The van der Waals surface area contributed by atoms with Gasteiger partial charge in [-0.2, -0.15) is 4.37 Å². The molecule has 2 heterocycles. The average Bonchev–Trinajstić information content (AvgIpc) is 3.00. The first-order valence-corrected chi connectivity index (χ1v) is 8.65. The summed E-state index contributed by atoms with van der Waals surface area (Å²) in [6.07, 6.45) is 0. The van der Waals surface area contributed by atoms with Crippen LogP contribution >= 0.6 is 11.5 Å². The van der Waals surface area contributed by atoms with Crippen LogP contribution in [-0.4, -0.2) is 28.6 Å². The zero-order valence-electron chi connectivity index (χ0n) is 14.5. The van der Waals surface area contributed by atoms with Gasteiger partial charge >= 0.3 is 7.12 Å². The lowest BCUT2D eigenvalue weighted by Crippen LogP contribution is -2.41. The number of aryl methyl sites for hydroxylation is 1. The number of benzene rings is 1. The molecule has 1 fully saturated rings. The number of amides is 1. The highest BCUT2D eigenvalue weighted by molar-refractivity contribution is 7.10. The number of anilines is 1. The molecule has 0 atom stereocenters. The van der Waals surface area contributed by atoms with Gasteiger partial charge in [0.2, 0.25) is 0 Å². The summed E-state index contributed by atoms with van der Waals surface area (Å²) in [5.41, 5.74) is 1.63. The van der Waals surface area contributed by atoms with Crippen molar-refractivity contribution in [3.05, 3.63) is 41.6 Å². The van der Waals surface area contributed by atoms with Crippen molar-refractivity contribution in [3.63, 3.8) is 0 Å². The van der Waals surface area contributed by atoms with E-state index in [4.69, 9.17) is 9.31 Å². The maximum Gasteiger partial charge on any atom is 0.494 e. The second kappa shape index (κ2) is 5.99. The summed E-state index contributed by atoms with van der Waals surface area (Å²) in [6, 6.07) is 9.15. The third-order valence-electron chi connectivity index (χ3n) is 4.56. The molecule has 1 amide bonds. The molecule has 5 nitrogen and oxygen atoms in total. The first kappa shape index (κ1) is 17.1. The predicted molar refractivity (Wildman–Crippen MR) is 97.0 cm³/mol. The monoisotopic (exact) mass is 344 g/mol. The van der Waals surface area contributed by atoms with Gasteiger partial charge in [-0.15, -0.1) is 0 Å². The van der Waals surface area contributed by atoms with Gasteiger partial charge in [-0.1, -0.05) is 12.1 Å². The van der Waals surface area contributed by atoms with Gasteiger partial charge in [-0.3, -0.25) is 4.79 Å². The predicted octanol–water partition coefficient (Wildman–Crippen LogP) is 3.00. The van der Waals surface area contributed by atoms with Crippen LogP contribution in [-0.2, 0) is 9.31 Å². The topological polar surface area (TPSA) is 60.5 Å². The molecular weight excluding hydrogens is 323 g/mol. The molecule has 1 aliphatic rings. The quantitative estimate of drug-likeness (QED) is 0.870. The van der Waals surface area contributed by atoms with Crippen molar-refractivity contribution < 1.29 is 14.1 Å². The number of hydrogen-bond acceptors (Lipinski definition) is 5. The van der Waals surface area contributed by atoms with E-state index in [2.05, 4.69) is 9.69 Å². The summed E-state index contributed by atoms with van der Waals surface area (Å²) in [5.74, 6) is -0.154. The van der Waals surface area contributed by atoms with Crippen molar-refractivity contribution in [2.45, 2.75) is 45.8 Å². The number of carbonyl (C=O) groups is 1. The lowest BCUT2D eigenvalue weighted by Gasteiger charge is -2.32. The Morgan fingerprint density at radius 2 is 1.71 bits per heavy atom. The molecule has 0 saturated carbocycles. The Kier molecular flexibility index (Phi) is 4.27. The summed E-state index contributed by atoms with van der Waals surface area (Å²) < 4.78 is 16.2. The fraction of sp³-hybridized carbons (Fsp3) is 0.412. The largest absolute Gasteiger partial charge is 0.494 e. The Morgan fingerprint density at radius 1 is 1.12 bits per heavy atom. The van der Waals surface area contributed by atoms with E-state index in [-0.39, 0.29) is 17.1 Å². The van der Waals surface area contributed by atoms with E-state index >= 15 is 0 Å². The summed E-state index contributed by atoms with van der Waals surface area (Å²) in [4.78, 5) is 12.3. The van der Waals surface area contributed by atoms with Crippen LogP contribution in [0.5, 0.6) is 0 Å². The molecule has 1 saturated heterocycles. The van der Waals surface area contributed by atoms with Crippen molar-refractivity contribution in [1.29, 1.82) is 0 Å². The molecule has 1 N–H and O–H groups in total. The van der Waals surface area contributed by atoms with Gasteiger partial charge in [0.05, 0.1) is 16.9 Å². The molecule has 0 bridgehead atoms. The molecule has 2 aromatic rings. The molecule has 0 unspecified atom stereocenters. The van der Waals surface area contributed by atoms with Crippen LogP contribution in [0.1, 0.15) is 43.7 Å². The van der Waals surface area contributed by atoms with Crippen molar-refractivity contribution in [3.8, 4) is 0 Å². The Balaban J connectivity index is 1.71. The highest BCUT2D eigenvalue weighted by Crippen LogP contribution is 2.36. The van der Waals surface area contributed by atoms with E-state index in [1.54, 1.807) is 12.1 Å². The minimum Gasteiger partial charge on any atom is -0.399 e. The van der Waals surface area contributed by atoms with Gasteiger partial charge in [0.1, 0.15) is 5.00 Å². The Hall–Kier alpha value is -1.70. The third-order valence-corrected chi connectivity index (χ3v) is 5.36. The number of aromatic nitrogens is 1. The molecule has 0 spiro atoms. The summed E-state index contributed by atoms with van der Waals surface area (Å²) in [7, 11) is -0.420. The van der Waals surface area contributed by atoms with Gasteiger partial charge < -0.3 is 14.6 Å². The van der Waals surface area contributed by atoms with Crippen LogP contribution in [0.15, 0.2) is 30.3 Å². The third kappa shape index (κ3) is 3.24. The lowest BCUT2D eigenvalue weighted by atomic mass is 9.79. The molecular formula is C17H21BN2O3S. The van der Waals surface area contributed by atoms with Crippen LogP contribution < -0.4 is 10.8 Å². The number of nitrogens with one attached hydrogen (secondary N) is 1. The van der Waals surface area contributed by atoms with Gasteiger partial charge in [-0.05, 0) is 69.8 Å². The fourth-order valence-corrected chi connectivity index (χ4v) is 3.03. The first-order valence-electron chi connectivity index (χ1n) is 7.88. The molecule has 3 rings (SSSR count). The van der Waals surface area contributed by atoms with E-state index in [0.717, 1.165) is 16.2 Å². The maximum absolute atomic E-state index is 12.3. The second-order valence-corrected chi connectivity index (χ2v) is 7.80. The minimum absolute atomic E-state index is 0.154. The second-order valence-electron chi connectivity index (χ2n) is 7.00. The average molecular weight is 344 g/mol. The molecule has 1 aliphatic heterocycles. The highest BCUT2D eigenvalue weighted by atomic mass is 32.1. The van der Waals surface area contributed by atoms with E-state index in [0.29, 0.717) is 5.56 Å². The van der Waals surface area contributed by atoms with Gasteiger partial charge in [-0.25, -0.2) is 0 Å². The van der Waals surface area contributed by atoms with Crippen LogP contribution in [0.4, 0.5) is 5.00 Å². The van der Waals surface area contributed by atoms with Crippen molar-refractivity contribution in [2.24, 2.45) is 0 Å². The van der Waals surface area contributed by atoms with Crippen molar-refractivity contribution in [2.75, 3.05) is 5.32 Å². The molecule has 7 heteroatoms. The highest BCUT2D eigenvalue weighted by Gasteiger charge is 2.51. The molecule has 0 aliphatic carbocycles. The molecule has 1 aromatic carbocycles. The maximum atomic E-state index is 12.3. The summed E-state index contributed by atoms with van der Waals surface area (Å²) >= 11 is 1.27.